The number of hydrogen-bond donors (Lipinski definition) is 1. The molecule has 168 valence electrons. The van der Waals surface area contributed by atoms with Crippen LogP contribution in [0.2, 0.25) is 0 Å². The second-order valence-corrected chi connectivity index (χ2v) is 7.58. The molecule has 7 nitrogen and oxygen atoms in total. The number of hydrogen-bond acceptors (Lipinski definition) is 5. The normalized spacial score (nSPS) is 11.0. The lowest BCUT2D eigenvalue weighted by Gasteiger charge is -2.07. The number of ether oxygens (including phenoxy) is 1. The monoisotopic (exact) mass is 435 g/mol. The Balaban J connectivity index is 1.99. The van der Waals surface area contributed by atoms with Crippen LogP contribution in [0.3, 0.4) is 0 Å². The molecular formula is C25H29N3O4. The molecule has 1 aromatic heterocycles. The Labute approximate surface area is 188 Å². The van der Waals surface area contributed by atoms with Crippen molar-refractivity contribution in [1.82, 2.24) is 9.88 Å². The number of carbonyl (C=O) groups excluding carboxylic acids is 3. The molecule has 0 bridgehead atoms. The first kappa shape index (κ1) is 24.6. The van der Waals surface area contributed by atoms with E-state index in [1.165, 1.54) is 13.0 Å². The van der Waals surface area contributed by atoms with Crippen LogP contribution in [0.15, 0.2) is 35.9 Å². The van der Waals surface area contributed by atoms with Crippen molar-refractivity contribution in [2.24, 2.45) is 0 Å². The number of Topliss-reactive ketones (excluding diaryl/α,β-unsaturated/α-hetero) is 1. The van der Waals surface area contributed by atoms with Gasteiger partial charge in [-0.2, -0.15) is 5.26 Å². The number of nitrogens with one attached hydrogen (secondary N) is 1. The lowest BCUT2D eigenvalue weighted by molar-refractivity contribution is -0.137. The zero-order chi connectivity index (χ0) is 23.7. The van der Waals surface area contributed by atoms with Gasteiger partial charge in [-0.25, -0.2) is 4.79 Å². The Morgan fingerprint density at radius 3 is 2.47 bits per heavy atom. The van der Waals surface area contributed by atoms with Gasteiger partial charge in [0.2, 0.25) is 5.91 Å². The number of rotatable bonds is 10. The second kappa shape index (κ2) is 11.7. The fraction of sp³-hybridized carbons (Fsp3) is 0.360. The van der Waals surface area contributed by atoms with Gasteiger partial charge in [-0.15, -0.1) is 0 Å². The molecule has 0 spiro atoms. The molecule has 32 heavy (non-hydrogen) atoms. The molecule has 0 aliphatic carbocycles. The summed E-state index contributed by atoms with van der Waals surface area (Å²) in [6.45, 7) is 8.40. The van der Waals surface area contributed by atoms with Gasteiger partial charge in [0, 0.05) is 37.0 Å². The van der Waals surface area contributed by atoms with E-state index in [2.05, 4.69) is 16.8 Å². The number of nitrogens with zero attached hydrogens (tertiary/aromatic N) is 2. The number of carbonyl (C=O) groups is 3. The standard InChI is InChI=1S/C25H29N3O4/c1-5-12-28-17(2)13-22(18(28)3)14-23(15-26)25(31)32-16-24(30)21-8-6-20(7-9-21)10-11-27-19(4)29/h6-9,13-14H,5,10-12,16H2,1-4H3,(H,27,29)/b23-14-. The molecule has 0 atom stereocenters. The van der Waals surface area contributed by atoms with Crippen molar-refractivity contribution in [3.63, 3.8) is 0 Å². The van der Waals surface area contributed by atoms with Gasteiger partial charge in [-0.05, 0) is 50.0 Å². The molecule has 1 aromatic carbocycles. The van der Waals surface area contributed by atoms with Crippen molar-refractivity contribution in [2.45, 2.75) is 47.1 Å². The highest BCUT2D eigenvalue weighted by Gasteiger charge is 2.16. The van der Waals surface area contributed by atoms with E-state index in [4.69, 9.17) is 4.74 Å². The van der Waals surface area contributed by atoms with Gasteiger partial charge in [0.05, 0.1) is 0 Å². The molecule has 0 aliphatic rings. The summed E-state index contributed by atoms with van der Waals surface area (Å²) in [5, 5.41) is 12.1. The zero-order valence-electron chi connectivity index (χ0n) is 19.0. The summed E-state index contributed by atoms with van der Waals surface area (Å²) in [6, 6.07) is 10.7. The minimum absolute atomic E-state index is 0.0896. The Morgan fingerprint density at radius 2 is 1.88 bits per heavy atom. The number of aromatic nitrogens is 1. The van der Waals surface area contributed by atoms with Crippen LogP contribution in [0, 0.1) is 25.2 Å². The summed E-state index contributed by atoms with van der Waals surface area (Å²) in [5.74, 6) is -1.27. The molecule has 1 amide bonds. The van der Waals surface area contributed by atoms with Crippen LogP contribution in [-0.2, 0) is 27.3 Å². The van der Waals surface area contributed by atoms with Crippen LogP contribution >= 0.6 is 0 Å². The molecule has 0 fully saturated rings. The smallest absolute Gasteiger partial charge is 0.349 e. The Hall–Kier alpha value is -3.66. The minimum atomic E-state index is -0.826. The van der Waals surface area contributed by atoms with E-state index in [9.17, 15) is 19.6 Å². The maximum Gasteiger partial charge on any atom is 0.349 e. The van der Waals surface area contributed by atoms with E-state index in [-0.39, 0.29) is 17.3 Å². The first-order valence-corrected chi connectivity index (χ1v) is 10.6. The third-order valence-electron chi connectivity index (χ3n) is 5.10. The van der Waals surface area contributed by atoms with E-state index in [1.54, 1.807) is 24.3 Å². The molecule has 0 unspecified atom stereocenters. The van der Waals surface area contributed by atoms with Crippen LogP contribution in [-0.4, -0.2) is 35.4 Å². The number of aryl methyl sites for hydroxylation is 1. The maximum absolute atomic E-state index is 12.4. The number of esters is 1. The van der Waals surface area contributed by atoms with Gasteiger partial charge < -0.3 is 14.6 Å². The van der Waals surface area contributed by atoms with Crippen molar-refractivity contribution in [1.29, 1.82) is 5.26 Å². The predicted octanol–water partition coefficient (Wildman–Crippen LogP) is 3.53. The molecule has 1 N–H and O–H groups in total. The summed E-state index contributed by atoms with van der Waals surface area (Å²) >= 11 is 0. The Morgan fingerprint density at radius 1 is 1.19 bits per heavy atom. The fourth-order valence-electron chi connectivity index (χ4n) is 3.37. The van der Waals surface area contributed by atoms with Crippen LogP contribution < -0.4 is 5.32 Å². The van der Waals surface area contributed by atoms with Crippen LogP contribution in [0.4, 0.5) is 0 Å². The first-order chi connectivity index (χ1) is 15.3. The van der Waals surface area contributed by atoms with Gasteiger partial charge in [0.25, 0.3) is 0 Å². The highest BCUT2D eigenvalue weighted by Crippen LogP contribution is 2.19. The topological polar surface area (TPSA) is 101 Å². The number of nitriles is 1. The van der Waals surface area contributed by atoms with E-state index in [1.807, 2.05) is 26.0 Å². The summed E-state index contributed by atoms with van der Waals surface area (Å²) in [5.41, 5.74) is 4.04. The maximum atomic E-state index is 12.4. The summed E-state index contributed by atoms with van der Waals surface area (Å²) in [7, 11) is 0. The van der Waals surface area contributed by atoms with Gasteiger partial charge in [-0.3, -0.25) is 9.59 Å². The largest absolute Gasteiger partial charge is 0.453 e. The summed E-state index contributed by atoms with van der Waals surface area (Å²) in [4.78, 5) is 35.6. The lowest BCUT2D eigenvalue weighted by Crippen LogP contribution is -2.22. The minimum Gasteiger partial charge on any atom is -0.453 e. The Kier molecular flexibility index (Phi) is 8.96. The van der Waals surface area contributed by atoms with Crippen LogP contribution in [0.5, 0.6) is 0 Å². The second-order valence-electron chi connectivity index (χ2n) is 7.58. The number of ketones is 1. The van der Waals surface area contributed by atoms with Crippen molar-refractivity contribution < 1.29 is 19.1 Å². The molecule has 0 saturated carbocycles. The average molecular weight is 436 g/mol. The van der Waals surface area contributed by atoms with Gasteiger partial charge in [0.15, 0.2) is 12.4 Å². The third kappa shape index (κ3) is 6.67. The molecule has 2 aromatic rings. The third-order valence-corrected chi connectivity index (χ3v) is 5.10. The molecule has 2 rings (SSSR count). The Bertz CT molecular complexity index is 1060. The SMILES string of the molecule is CCCn1c(C)cc(/C=C(/C#N)C(=O)OCC(=O)c2ccc(CCNC(C)=O)cc2)c1C. The lowest BCUT2D eigenvalue weighted by atomic mass is 10.1. The van der Waals surface area contributed by atoms with Gasteiger partial charge >= 0.3 is 5.97 Å². The van der Waals surface area contributed by atoms with Gasteiger partial charge in [0.1, 0.15) is 11.6 Å². The molecule has 0 radical (unpaired) electrons. The van der Waals surface area contributed by atoms with E-state index in [0.29, 0.717) is 18.5 Å². The van der Waals surface area contributed by atoms with Crippen molar-refractivity contribution in [3.8, 4) is 6.07 Å². The van der Waals surface area contributed by atoms with E-state index in [0.717, 1.165) is 35.5 Å². The van der Waals surface area contributed by atoms with Crippen LogP contribution in [0.25, 0.3) is 6.08 Å². The van der Waals surface area contributed by atoms with Crippen LogP contribution in [0.1, 0.15) is 53.1 Å². The number of amides is 1. The molecule has 0 aliphatic heterocycles. The molecule has 1 heterocycles. The molecule has 7 heteroatoms. The highest BCUT2D eigenvalue weighted by atomic mass is 16.5. The first-order valence-electron chi connectivity index (χ1n) is 10.6. The molecule has 0 saturated heterocycles. The summed E-state index contributed by atoms with van der Waals surface area (Å²) < 4.78 is 7.23. The predicted molar refractivity (Wildman–Crippen MR) is 122 cm³/mol. The van der Waals surface area contributed by atoms with E-state index < -0.39 is 12.6 Å². The average Bonchev–Trinajstić information content (AvgIpc) is 3.03. The quantitative estimate of drug-likeness (QED) is 0.266. The van der Waals surface area contributed by atoms with Crippen molar-refractivity contribution in [3.05, 3.63) is 64.0 Å². The zero-order valence-corrected chi connectivity index (χ0v) is 19.0. The van der Waals surface area contributed by atoms with Crippen molar-refractivity contribution in [2.75, 3.05) is 13.2 Å². The highest BCUT2D eigenvalue weighted by molar-refractivity contribution is 6.02. The number of benzene rings is 1. The summed E-state index contributed by atoms with van der Waals surface area (Å²) in [6.07, 6.45) is 3.13. The van der Waals surface area contributed by atoms with Crippen molar-refractivity contribution >= 4 is 23.7 Å². The van der Waals surface area contributed by atoms with Gasteiger partial charge in [-0.1, -0.05) is 31.2 Å². The molecular weight excluding hydrogens is 406 g/mol. The fourth-order valence-corrected chi connectivity index (χ4v) is 3.37. The van der Waals surface area contributed by atoms with E-state index >= 15 is 0 Å².